The van der Waals surface area contributed by atoms with Crippen LogP contribution in [-0.4, -0.2) is 16.8 Å². The SMILES string of the molecule is C=C1CC(C)(C)CC[N+](Cc2ccccc2)=C1C. The zero-order valence-electron chi connectivity index (χ0n) is 11.9. The first kappa shape index (κ1) is 13.1. The van der Waals surface area contributed by atoms with Crippen LogP contribution in [0.15, 0.2) is 42.5 Å². The van der Waals surface area contributed by atoms with E-state index in [4.69, 9.17) is 0 Å². The number of allylic oxidation sites excluding steroid dienone is 1. The van der Waals surface area contributed by atoms with Gasteiger partial charge in [-0.15, -0.1) is 0 Å². The van der Waals surface area contributed by atoms with E-state index in [-0.39, 0.29) is 0 Å². The van der Waals surface area contributed by atoms with Gasteiger partial charge in [0.25, 0.3) is 0 Å². The molecule has 0 radical (unpaired) electrons. The van der Waals surface area contributed by atoms with Crippen LogP contribution in [0.3, 0.4) is 0 Å². The fourth-order valence-electron chi connectivity index (χ4n) is 2.62. The maximum Gasteiger partial charge on any atom is 0.175 e. The summed E-state index contributed by atoms with van der Waals surface area (Å²) in [4.78, 5) is 0. The largest absolute Gasteiger partial charge is 0.229 e. The molecule has 0 aliphatic carbocycles. The second-order valence-electron chi connectivity index (χ2n) is 6.19. The second-order valence-corrected chi connectivity index (χ2v) is 6.19. The van der Waals surface area contributed by atoms with Gasteiger partial charge in [-0.1, -0.05) is 50.8 Å². The standard InChI is InChI=1S/C17H24N/c1-14-12-17(3,4)10-11-18(15(14)2)13-16-8-6-5-7-9-16/h5-9H,1,10-13H2,2-4H3/q+1. The molecule has 0 atom stereocenters. The minimum atomic E-state index is 0.379. The Morgan fingerprint density at radius 1 is 1.22 bits per heavy atom. The molecule has 0 saturated carbocycles. The van der Waals surface area contributed by atoms with Crippen molar-refractivity contribution in [2.45, 2.75) is 40.2 Å². The maximum atomic E-state index is 4.26. The molecule has 0 spiro atoms. The lowest BCUT2D eigenvalue weighted by molar-refractivity contribution is -0.545. The van der Waals surface area contributed by atoms with Crippen LogP contribution in [0.2, 0.25) is 0 Å². The van der Waals surface area contributed by atoms with Crippen LogP contribution in [0, 0.1) is 5.41 Å². The van der Waals surface area contributed by atoms with Gasteiger partial charge in [0.1, 0.15) is 6.54 Å². The van der Waals surface area contributed by atoms with Crippen LogP contribution < -0.4 is 0 Å². The number of hydrogen-bond donors (Lipinski definition) is 0. The normalized spacial score (nSPS) is 19.8. The molecule has 1 aromatic carbocycles. The van der Waals surface area contributed by atoms with Crippen molar-refractivity contribution in [3.8, 4) is 0 Å². The first-order chi connectivity index (χ1) is 8.48. The Morgan fingerprint density at radius 2 is 1.89 bits per heavy atom. The van der Waals surface area contributed by atoms with Crippen molar-refractivity contribution in [1.29, 1.82) is 0 Å². The molecule has 2 rings (SSSR count). The summed E-state index contributed by atoms with van der Waals surface area (Å²) >= 11 is 0. The van der Waals surface area contributed by atoms with Gasteiger partial charge < -0.3 is 0 Å². The smallest absolute Gasteiger partial charge is 0.175 e. The van der Waals surface area contributed by atoms with Gasteiger partial charge in [0.15, 0.2) is 12.3 Å². The average Bonchev–Trinajstić information content (AvgIpc) is 2.42. The Bertz CT molecular complexity index is 466. The molecule has 1 nitrogen and oxygen atoms in total. The van der Waals surface area contributed by atoms with Crippen molar-refractivity contribution < 1.29 is 4.58 Å². The predicted octanol–water partition coefficient (Wildman–Crippen LogP) is 4.04. The van der Waals surface area contributed by atoms with Crippen LogP contribution in [0.25, 0.3) is 0 Å². The molecule has 18 heavy (non-hydrogen) atoms. The number of rotatable bonds is 2. The summed E-state index contributed by atoms with van der Waals surface area (Å²) in [6, 6.07) is 10.7. The fraction of sp³-hybridized carbons (Fsp3) is 0.471. The van der Waals surface area contributed by atoms with Crippen molar-refractivity contribution in [3.05, 3.63) is 48.0 Å². The first-order valence-electron chi connectivity index (χ1n) is 6.78. The molecule has 1 aromatic rings. The zero-order chi connectivity index (χ0) is 13.2. The van der Waals surface area contributed by atoms with Crippen molar-refractivity contribution in [1.82, 2.24) is 0 Å². The first-order valence-corrected chi connectivity index (χ1v) is 6.78. The third-order valence-electron chi connectivity index (χ3n) is 3.95. The lowest BCUT2D eigenvalue weighted by Crippen LogP contribution is -2.20. The van der Waals surface area contributed by atoms with Crippen LogP contribution >= 0.6 is 0 Å². The van der Waals surface area contributed by atoms with E-state index < -0.39 is 0 Å². The molecular formula is C17H24N+. The van der Waals surface area contributed by atoms with Crippen LogP contribution in [0.5, 0.6) is 0 Å². The van der Waals surface area contributed by atoms with Gasteiger partial charge in [-0.05, 0) is 11.8 Å². The number of nitrogens with zero attached hydrogens (tertiary/aromatic N) is 1. The second kappa shape index (κ2) is 5.09. The Balaban J connectivity index is 2.21. The summed E-state index contributed by atoms with van der Waals surface area (Å²) < 4.78 is 2.48. The Morgan fingerprint density at radius 3 is 2.56 bits per heavy atom. The van der Waals surface area contributed by atoms with Gasteiger partial charge >= 0.3 is 0 Å². The van der Waals surface area contributed by atoms with E-state index in [1.54, 1.807) is 0 Å². The van der Waals surface area contributed by atoms with E-state index in [2.05, 4.69) is 62.3 Å². The summed E-state index contributed by atoms with van der Waals surface area (Å²) in [6.07, 6.45) is 2.35. The Kier molecular flexibility index (Phi) is 3.70. The molecule has 0 aromatic heterocycles. The lowest BCUT2D eigenvalue weighted by atomic mass is 9.83. The molecule has 0 saturated heterocycles. The van der Waals surface area contributed by atoms with E-state index in [0.717, 1.165) is 19.5 Å². The van der Waals surface area contributed by atoms with E-state index >= 15 is 0 Å². The number of hydrogen-bond acceptors (Lipinski definition) is 0. The molecule has 1 heteroatoms. The van der Waals surface area contributed by atoms with Crippen LogP contribution in [-0.2, 0) is 6.54 Å². The molecule has 0 unspecified atom stereocenters. The highest BCUT2D eigenvalue weighted by molar-refractivity contribution is 5.93. The molecule has 1 aliphatic heterocycles. The maximum absolute atomic E-state index is 4.26. The zero-order valence-corrected chi connectivity index (χ0v) is 11.9. The van der Waals surface area contributed by atoms with Gasteiger partial charge in [0, 0.05) is 24.5 Å². The molecule has 0 fully saturated rings. The molecule has 0 N–H and O–H groups in total. The average molecular weight is 242 g/mol. The van der Waals surface area contributed by atoms with E-state index in [0.29, 0.717) is 5.41 Å². The van der Waals surface area contributed by atoms with Crippen LogP contribution in [0.4, 0.5) is 0 Å². The van der Waals surface area contributed by atoms with Crippen molar-refractivity contribution in [2.75, 3.05) is 6.54 Å². The topological polar surface area (TPSA) is 3.01 Å². The summed E-state index contributed by atoms with van der Waals surface area (Å²) in [5, 5.41) is 0. The lowest BCUT2D eigenvalue weighted by Gasteiger charge is -2.20. The summed E-state index contributed by atoms with van der Waals surface area (Å²) in [5.41, 5.74) is 4.42. The Hall–Kier alpha value is -1.37. The summed E-state index contributed by atoms with van der Waals surface area (Å²) in [7, 11) is 0. The molecule has 1 aliphatic rings. The minimum absolute atomic E-state index is 0.379. The third-order valence-corrected chi connectivity index (χ3v) is 3.95. The van der Waals surface area contributed by atoms with Crippen molar-refractivity contribution in [2.24, 2.45) is 5.41 Å². The van der Waals surface area contributed by atoms with Gasteiger partial charge in [0.2, 0.25) is 0 Å². The van der Waals surface area contributed by atoms with E-state index in [1.165, 1.54) is 23.3 Å². The van der Waals surface area contributed by atoms with Gasteiger partial charge in [0.05, 0.1) is 0 Å². The van der Waals surface area contributed by atoms with E-state index in [1.807, 2.05) is 0 Å². The van der Waals surface area contributed by atoms with Gasteiger partial charge in [-0.25, -0.2) is 4.58 Å². The van der Waals surface area contributed by atoms with E-state index in [9.17, 15) is 0 Å². The highest BCUT2D eigenvalue weighted by Gasteiger charge is 2.28. The molecule has 0 bridgehead atoms. The fourth-order valence-corrected chi connectivity index (χ4v) is 2.62. The Labute approximate surface area is 111 Å². The molecule has 96 valence electrons. The predicted molar refractivity (Wildman–Crippen MR) is 78.1 cm³/mol. The van der Waals surface area contributed by atoms with Crippen molar-refractivity contribution >= 4 is 5.71 Å². The van der Waals surface area contributed by atoms with Gasteiger partial charge in [-0.3, -0.25) is 0 Å². The quantitative estimate of drug-likeness (QED) is 0.689. The molecule has 1 heterocycles. The molecular weight excluding hydrogens is 218 g/mol. The monoisotopic (exact) mass is 242 g/mol. The van der Waals surface area contributed by atoms with Crippen molar-refractivity contribution in [3.63, 3.8) is 0 Å². The number of benzene rings is 1. The highest BCUT2D eigenvalue weighted by atomic mass is 15.0. The minimum Gasteiger partial charge on any atom is -0.229 e. The summed E-state index contributed by atoms with van der Waals surface area (Å²) in [5.74, 6) is 0. The summed E-state index contributed by atoms with van der Waals surface area (Å²) in [6.45, 7) is 13.3. The van der Waals surface area contributed by atoms with Crippen LogP contribution in [0.1, 0.15) is 39.2 Å². The van der Waals surface area contributed by atoms with Gasteiger partial charge in [-0.2, -0.15) is 0 Å². The molecule has 0 amide bonds. The highest BCUT2D eigenvalue weighted by Crippen LogP contribution is 2.31. The third kappa shape index (κ3) is 3.10.